The smallest absolute Gasteiger partial charge is 0.252 e. The van der Waals surface area contributed by atoms with Crippen LogP contribution in [-0.2, 0) is 0 Å². The number of methoxy groups -OCH3 is 1. The molecule has 3 rings (SSSR count). The number of anilines is 1. The summed E-state index contributed by atoms with van der Waals surface area (Å²) in [6, 6.07) is 13.9. The number of phenols is 1. The van der Waals surface area contributed by atoms with Crippen molar-refractivity contribution in [2.75, 3.05) is 12.5 Å². The van der Waals surface area contributed by atoms with Crippen LogP contribution in [-0.4, -0.2) is 28.4 Å². The molecule has 2 aromatic carbocycles. The molecular weight excluding hydrogens is 356 g/mol. The molecule has 3 N–H and O–H groups in total. The minimum atomic E-state index is -0.309. The van der Waals surface area contributed by atoms with Gasteiger partial charge >= 0.3 is 0 Å². The molecule has 0 aliphatic rings. The molecule has 132 valence electrons. The third-order valence-electron chi connectivity index (χ3n) is 3.51. The molecular formula is C18H15ClN4O3. The van der Waals surface area contributed by atoms with Crippen molar-refractivity contribution >= 4 is 23.8 Å². The predicted molar refractivity (Wildman–Crippen MR) is 101 cm³/mol. The van der Waals surface area contributed by atoms with Crippen LogP contribution < -0.4 is 15.7 Å². The summed E-state index contributed by atoms with van der Waals surface area (Å²) in [7, 11) is 1.43. The average molecular weight is 371 g/mol. The summed E-state index contributed by atoms with van der Waals surface area (Å²) in [5.41, 5.74) is 4.15. The van der Waals surface area contributed by atoms with E-state index in [0.29, 0.717) is 11.3 Å². The van der Waals surface area contributed by atoms with Gasteiger partial charge in [-0.25, -0.2) is 10.4 Å². The summed E-state index contributed by atoms with van der Waals surface area (Å²) in [4.78, 5) is 18.7. The number of benzene rings is 2. The number of phenolic OH excluding ortho intramolecular Hbond substituents is 1. The van der Waals surface area contributed by atoms with Crippen molar-refractivity contribution in [1.29, 1.82) is 0 Å². The van der Waals surface area contributed by atoms with Crippen LogP contribution in [0.1, 0.15) is 5.56 Å². The van der Waals surface area contributed by atoms with Gasteiger partial charge in [0, 0.05) is 17.2 Å². The Morgan fingerprint density at radius 3 is 2.77 bits per heavy atom. The molecule has 3 aromatic rings. The molecule has 0 radical (unpaired) electrons. The largest absolute Gasteiger partial charge is 0.503 e. The Bertz CT molecular complexity index is 1000. The van der Waals surface area contributed by atoms with Crippen LogP contribution in [0.3, 0.4) is 0 Å². The second kappa shape index (κ2) is 7.71. The summed E-state index contributed by atoms with van der Waals surface area (Å²) >= 11 is 6.07. The van der Waals surface area contributed by atoms with Crippen LogP contribution in [0.2, 0.25) is 5.02 Å². The molecule has 0 aliphatic heterocycles. The van der Waals surface area contributed by atoms with E-state index >= 15 is 0 Å². The van der Waals surface area contributed by atoms with Crippen molar-refractivity contribution in [3.8, 4) is 22.8 Å². The zero-order valence-electron chi connectivity index (χ0n) is 13.7. The predicted octanol–water partition coefficient (Wildman–Crippen LogP) is 3.25. The Morgan fingerprint density at radius 1 is 1.27 bits per heavy atom. The number of aromatic hydroxyl groups is 1. The molecule has 0 bridgehead atoms. The lowest BCUT2D eigenvalue weighted by Gasteiger charge is -2.07. The molecule has 1 heterocycles. The number of rotatable bonds is 5. The highest BCUT2D eigenvalue weighted by Crippen LogP contribution is 2.35. The lowest BCUT2D eigenvalue weighted by Crippen LogP contribution is -2.10. The molecule has 8 heteroatoms. The zero-order valence-corrected chi connectivity index (χ0v) is 14.5. The molecule has 0 spiro atoms. The van der Waals surface area contributed by atoms with Crippen LogP contribution >= 0.6 is 11.6 Å². The summed E-state index contributed by atoms with van der Waals surface area (Å²) in [5.74, 6) is 0.277. The van der Waals surface area contributed by atoms with Crippen molar-refractivity contribution in [2.45, 2.75) is 0 Å². The molecule has 1 aromatic heterocycles. The summed E-state index contributed by atoms with van der Waals surface area (Å²) in [6.45, 7) is 0. The van der Waals surface area contributed by atoms with E-state index in [9.17, 15) is 9.90 Å². The van der Waals surface area contributed by atoms with Crippen molar-refractivity contribution in [3.05, 3.63) is 69.5 Å². The van der Waals surface area contributed by atoms with Crippen molar-refractivity contribution in [3.63, 3.8) is 0 Å². The van der Waals surface area contributed by atoms with Gasteiger partial charge in [-0.3, -0.25) is 9.78 Å². The standard InChI is InChI=1S/C18H15ClN4O3/c1-26-14-8-7-12(16(19)17(14)25)10-20-23-18-21-13(9-15(24)22-18)11-5-3-2-4-6-11/h2-10,25H,1H3,(H2,21,22,23,24)/b20-10-. The number of H-pyrrole nitrogens is 1. The summed E-state index contributed by atoms with van der Waals surface area (Å²) in [6.07, 6.45) is 1.40. The fourth-order valence-corrected chi connectivity index (χ4v) is 2.46. The molecule has 0 unspecified atom stereocenters. The van der Waals surface area contributed by atoms with Gasteiger partial charge in [-0.15, -0.1) is 0 Å². The summed E-state index contributed by atoms with van der Waals surface area (Å²) < 4.78 is 4.98. The molecule has 0 saturated heterocycles. The minimum Gasteiger partial charge on any atom is -0.503 e. The fraction of sp³-hybridized carbons (Fsp3) is 0.0556. The Labute approximate surface area is 154 Å². The zero-order chi connectivity index (χ0) is 18.5. The lowest BCUT2D eigenvalue weighted by molar-refractivity contribution is 0.373. The van der Waals surface area contributed by atoms with Gasteiger partial charge in [-0.2, -0.15) is 5.10 Å². The first-order valence-corrected chi connectivity index (χ1v) is 7.97. The van der Waals surface area contributed by atoms with Gasteiger partial charge in [-0.05, 0) is 12.1 Å². The minimum absolute atomic E-state index is 0.106. The maximum Gasteiger partial charge on any atom is 0.252 e. The third-order valence-corrected chi connectivity index (χ3v) is 3.91. The van der Waals surface area contributed by atoms with Gasteiger partial charge in [0.2, 0.25) is 5.95 Å². The van der Waals surface area contributed by atoms with Gasteiger partial charge in [0.05, 0.1) is 24.0 Å². The topological polar surface area (TPSA) is 99.6 Å². The van der Waals surface area contributed by atoms with Crippen LogP contribution in [0.15, 0.2) is 58.4 Å². The highest BCUT2D eigenvalue weighted by molar-refractivity contribution is 6.34. The highest BCUT2D eigenvalue weighted by atomic mass is 35.5. The second-order valence-corrected chi connectivity index (χ2v) is 5.61. The summed E-state index contributed by atoms with van der Waals surface area (Å²) in [5, 5.41) is 14.0. The number of hydrogen-bond donors (Lipinski definition) is 3. The first kappa shape index (κ1) is 17.5. The average Bonchev–Trinajstić information content (AvgIpc) is 2.65. The van der Waals surface area contributed by atoms with E-state index in [1.54, 1.807) is 12.1 Å². The second-order valence-electron chi connectivity index (χ2n) is 5.23. The monoisotopic (exact) mass is 370 g/mol. The number of nitrogens with one attached hydrogen (secondary N) is 2. The van der Waals surface area contributed by atoms with E-state index in [-0.39, 0.29) is 28.0 Å². The Morgan fingerprint density at radius 2 is 2.04 bits per heavy atom. The third kappa shape index (κ3) is 3.84. The Kier molecular flexibility index (Phi) is 5.19. The molecule has 0 amide bonds. The maximum absolute atomic E-state index is 11.8. The molecule has 0 saturated carbocycles. The van der Waals surface area contributed by atoms with E-state index in [4.69, 9.17) is 16.3 Å². The van der Waals surface area contributed by atoms with E-state index in [1.807, 2.05) is 30.3 Å². The van der Waals surface area contributed by atoms with Crippen LogP contribution in [0.5, 0.6) is 11.5 Å². The highest BCUT2D eigenvalue weighted by Gasteiger charge is 2.10. The number of hydrogen-bond acceptors (Lipinski definition) is 6. The van der Waals surface area contributed by atoms with E-state index in [0.717, 1.165) is 5.56 Å². The molecule has 26 heavy (non-hydrogen) atoms. The molecule has 0 aliphatic carbocycles. The number of nitrogens with zero attached hydrogens (tertiary/aromatic N) is 2. The number of ether oxygens (including phenoxy) is 1. The van der Waals surface area contributed by atoms with Crippen LogP contribution in [0.25, 0.3) is 11.3 Å². The van der Waals surface area contributed by atoms with Crippen LogP contribution in [0.4, 0.5) is 5.95 Å². The quantitative estimate of drug-likeness (QED) is 0.473. The van der Waals surface area contributed by atoms with E-state index < -0.39 is 0 Å². The van der Waals surface area contributed by atoms with Crippen molar-refractivity contribution in [2.24, 2.45) is 5.10 Å². The maximum atomic E-state index is 11.8. The van der Waals surface area contributed by atoms with Gasteiger partial charge in [0.25, 0.3) is 5.56 Å². The molecule has 0 atom stereocenters. The molecule has 7 nitrogen and oxygen atoms in total. The van der Waals surface area contributed by atoms with Gasteiger partial charge in [-0.1, -0.05) is 41.9 Å². The normalized spacial score (nSPS) is 10.8. The fourth-order valence-electron chi connectivity index (χ4n) is 2.26. The SMILES string of the molecule is COc1ccc(/C=N\Nc2nc(-c3ccccc3)cc(=O)[nH]2)c(Cl)c1O. The molecule has 0 fully saturated rings. The van der Waals surface area contributed by atoms with Crippen LogP contribution in [0, 0.1) is 0 Å². The van der Waals surface area contributed by atoms with Gasteiger partial charge in [0.1, 0.15) is 0 Å². The van der Waals surface area contributed by atoms with Crippen molar-refractivity contribution < 1.29 is 9.84 Å². The Hall–Kier alpha value is -3.32. The first-order valence-electron chi connectivity index (χ1n) is 7.60. The number of aromatic amines is 1. The number of aromatic nitrogens is 2. The van der Waals surface area contributed by atoms with Gasteiger partial charge < -0.3 is 9.84 Å². The van der Waals surface area contributed by atoms with E-state index in [2.05, 4.69) is 20.5 Å². The van der Waals surface area contributed by atoms with E-state index in [1.165, 1.54) is 19.4 Å². The number of hydrazone groups is 1. The number of halogens is 1. The van der Waals surface area contributed by atoms with Crippen molar-refractivity contribution in [1.82, 2.24) is 9.97 Å². The van der Waals surface area contributed by atoms with Gasteiger partial charge in [0.15, 0.2) is 11.5 Å². The Balaban J connectivity index is 1.82. The first-order chi connectivity index (χ1) is 12.6. The lowest BCUT2D eigenvalue weighted by atomic mass is 10.1.